The molecular formula is C22H26N2O5. The van der Waals surface area contributed by atoms with Crippen LogP contribution in [-0.4, -0.2) is 44.7 Å². The summed E-state index contributed by atoms with van der Waals surface area (Å²) in [5, 5.41) is 2.58. The number of carbonyl (C=O) groups excluding carboxylic acids is 2. The Labute approximate surface area is 170 Å². The van der Waals surface area contributed by atoms with E-state index in [4.69, 9.17) is 14.2 Å². The molecule has 3 rings (SSSR count). The molecule has 1 heterocycles. The van der Waals surface area contributed by atoms with Crippen LogP contribution in [0.25, 0.3) is 0 Å². The lowest BCUT2D eigenvalue weighted by Crippen LogP contribution is -2.50. The number of anilines is 1. The predicted molar refractivity (Wildman–Crippen MR) is 110 cm³/mol. The Bertz CT molecular complexity index is 837. The normalized spacial score (nSPS) is 15.1. The molecule has 0 bridgehead atoms. The molecule has 1 aliphatic heterocycles. The molecule has 1 N–H and O–H groups in total. The SMILES string of the molecule is CCOc1ccc(OCCCC(=O)N2C[C@@H](C(=O)NC)Oc3ccccc32)cc1. The Hall–Kier alpha value is -3.22. The highest BCUT2D eigenvalue weighted by Crippen LogP contribution is 2.33. The van der Waals surface area contributed by atoms with Crippen LogP contribution in [0.5, 0.6) is 17.2 Å². The summed E-state index contributed by atoms with van der Waals surface area (Å²) in [5.74, 6) is 1.75. The lowest BCUT2D eigenvalue weighted by Gasteiger charge is -2.34. The number of hydrogen-bond donors (Lipinski definition) is 1. The van der Waals surface area contributed by atoms with Gasteiger partial charge in [-0.25, -0.2) is 0 Å². The maximum Gasteiger partial charge on any atom is 0.262 e. The van der Waals surface area contributed by atoms with E-state index >= 15 is 0 Å². The van der Waals surface area contributed by atoms with Crippen LogP contribution in [0.15, 0.2) is 48.5 Å². The third kappa shape index (κ3) is 5.19. The van der Waals surface area contributed by atoms with Gasteiger partial charge in [0.1, 0.15) is 17.2 Å². The minimum atomic E-state index is -0.723. The maximum atomic E-state index is 12.8. The molecule has 1 atom stereocenters. The van der Waals surface area contributed by atoms with Gasteiger partial charge in [0.25, 0.3) is 5.91 Å². The molecule has 2 aromatic carbocycles. The van der Waals surface area contributed by atoms with Gasteiger partial charge >= 0.3 is 0 Å². The number of hydrogen-bond acceptors (Lipinski definition) is 5. The van der Waals surface area contributed by atoms with Crippen molar-refractivity contribution in [1.29, 1.82) is 0 Å². The highest BCUT2D eigenvalue weighted by Gasteiger charge is 2.32. The van der Waals surface area contributed by atoms with Crippen LogP contribution >= 0.6 is 0 Å². The first kappa shape index (κ1) is 20.5. The molecule has 1 aliphatic rings. The zero-order valence-corrected chi connectivity index (χ0v) is 16.7. The number of benzene rings is 2. The average Bonchev–Trinajstić information content (AvgIpc) is 2.76. The fourth-order valence-corrected chi connectivity index (χ4v) is 3.12. The van der Waals surface area contributed by atoms with Gasteiger partial charge in [0.2, 0.25) is 5.91 Å². The van der Waals surface area contributed by atoms with E-state index in [-0.39, 0.29) is 18.4 Å². The molecule has 29 heavy (non-hydrogen) atoms. The van der Waals surface area contributed by atoms with Gasteiger partial charge in [0, 0.05) is 13.5 Å². The summed E-state index contributed by atoms with van der Waals surface area (Å²) in [5.41, 5.74) is 0.685. The van der Waals surface area contributed by atoms with Crippen LogP contribution in [0, 0.1) is 0 Å². The first-order chi connectivity index (χ1) is 14.1. The number of ether oxygens (including phenoxy) is 3. The van der Waals surface area contributed by atoms with Crippen molar-refractivity contribution in [1.82, 2.24) is 5.32 Å². The fourth-order valence-electron chi connectivity index (χ4n) is 3.12. The second-order valence-corrected chi connectivity index (χ2v) is 6.55. The third-order valence-electron chi connectivity index (χ3n) is 4.55. The molecule has 0 radical (unpaired) electrons. The topological polar surface area (TPSA) is 77.1 Å². The monoisotopic (exact) mass is 398 g/mol. The molecule has 0 spiro atoms. The largest absolute Gasteiger partial charge is 0.494 e. The van der Waals surface area contributed by atoms with Gasteiger partial charge in [-0.15, -0.1) is 0 Å². The standard InChI is InChI=1S/C22H26N2O5/c1-3-27-16-10-12-17(13-11-16)28-14-6-9-21(25)24-15-20(22(26)23-2)29-19-8-5-4-7-18(19)24/h4-5,7-8,10-13,20H,3,6,9,14-15H2,1-2H3,(H,23,26)/t20-/m0/s1. The van der Waals surface area contributed by atoms with Gasteiger partial charge in [-0.05, 0) is 49.7 Å². The molecule has 2 amide bonds. The molecule has 2 aromatic rings. The van der Waals surface area contributed by atoms with Crippen LogP contribution in [0.4, 0.5) is 5.69 Å². The molecule has 0 saturated heterocycles. The van der Waals surface area contributed by atoms with Crippen LogP contribution in [-0.2, 0) is 9.59 Å². The van der Waals surface area contributed by atoms with Crippen LogP contribution in [0.1, 0.15) is 19.8 Å². The van der Waals surface area contributed by atoms with E-state index in [1.54, 1.807) is 18.0 Å². The Morgan fingerprint density at radius 3 is 2.48 bits per heavy atom. The molecule has 7 nitrogen and oxygen atoms in total. The Kier molecular flexibility index (Phi) is 6.94. The van der Waals surface area contributed by atoms with Crippen molar-refractivity contribution in [3.05, 3.63) is 48.5 Å². The third-order valence-corrected chi connectivity index (χ3v) is 4.55. The maximum absolute atomic E-state index is 12.8. The minimum absolute atomic E-state index is 0.0649. The van der Waals surface area contributed by atoms with Crippen molar-refractivity contribution in [3.63, 3.8) is 0 Å². The second kappa shape index (κ2) is 9.82. The Morgan fingerprint density at radius 2 is 1.79 bits per heavy atom. The lowest BCUT2D eigenvalue weighted by molar-refractivity contribution is -0.128. The summed E-state index contributed by atoms with van der Waals surface area (Å²) >= 11 is 0. The van der Waals surface area contributed by atoms with E-state index in [0.717, 1.165) is 11.5 Å². The smallest absolute Gasteiger partial charge is 0.262 e. The van der Waals surface area contributed by atoms with Crippen molar-refractivity contribution < 1.29 is 23.8 Å². The Balaban J connectivity index is 1.54. The molecule has 0 aromatic heterocycles. The van der Waals surface area contributed by atoms with Crippen molar-refractivity contribution in [3.8, 4) is 17.2 Å². The molecule has 0 aliphatic carbocycles. The van der Waals surface area contributed by atoms with E-state index in [1.807, 2.05) is 49.4 Å². The van der Waals surface area contributed by atoms with E-state index in [1.165, 1.54) is 0 Å². The highest BCUT2D eigenvalue weighted by molar-refractivity contribution is 5.97. The average molecular weight is 398 g/mol. The lowest BCUT2D eigenvalue weighted by atomic mass is 10.1. The quantitative estimate of drug-likeness (QED) is 0.692. The van der Waals surface area contributed by atoms with Crippen molar-refractivity contribution in [2.45, 2.75) is 25.9 Å². The predicted octanol–water partition coefficient (Wildman–Crippen LogP) is 2.78. The van der Waals surface area contributed by atoms with Crippen LogP contribution in [0.3, 0.4) is 0 Å². The summed E-state index contributed by atoms with van der Waals surface area (Å²) in [6.45, 7) is 3.17. The van der Waals surface area contributed by atoms with Gasteiger partial charge in [-0.3, -0.25) is 9.59 Å². The molecular weight excluding hydrogens is 372 g/mol. The number of rotatable bonds is 8. The van der Waals surface area contributed by atoms with Crippen LogP contribution < -0.4 is 24.4 Å². The van der Waals surface area contributed by atoms with Gasteiger partial charge < -0.3 is 24.4 Å². The number of carbonyl (C=O) groups is 2. The fraction of sp³-hybridized carbons (Fsp3) is 0.364. The van der Waals surface area contributed by atoms with E-state index < -0.39 is 6.10 Å². The highest BCUT2D eigenvalue weighted by atomic mass is 16.5. The number of likely N-dealkylation sites (N-methyl/N-ethyl adjacent to an activating group) is 1. The van der Waals surface area contributed by atoms with Crippen molar-refractivity contribution >= 4 is 17.5 Å². The molecule has 154 valence electrons. The van der Waals surface area contributed by atoms with Gasteiger partial charge in [0.05, 0.1) is 25.4 Å². The van der Waals surface area contributed by atoms with E-state index in [2.05, 4.69) is 5.32 Å². The number of fused-ring (bicyclic) bond motifs is 1. The summed E-state index contributed by atoms with van der Waals surface area (Å²) in [6, 6.07) is 14.7. The minimum Gasteiger partial charge on any atom is -0.494 e. The number of para-hydroxylation sites is 2. The molecule has 7 heteroatoms. The number of amides is 2. The van der Waals surface area contributed by atoms with Crippen LogP contribution in [0.2, 0.25) is 0 Å². The molecule has 0 fully saturated rings. The van der Waals surface area contributed by atoms with Crippen molar-refractivity contribution in [2.75, 3.05) is 31.7 Å². The molecule has 0 unspecified atom stereocenters. The summed E-state index contributed by atoms with van der Waals surface area (Å²) in [7, 11) is 1.55. The molecule has 0 saturated carbocycles. The zero-order valence-electron chi connectivity index (χ0n) is 16.7. The van der Waals surface area contributed by atoms with E-state index in [9.17, 15) is 9.59 Å². The second-order valence-electron chi connectivity index (χ2n) is 6.55. The Morgan fingerprint density at radius 1 is 1.10 bits per heavy atom. The summed E-state index contributed by atoms with van der Waals surface area (Å²) < 4.78 is 16.8. The number of nitrogens with zero attached hydrogens (tertiary/aromatic N) is 1. The zero-order chi connectivity index (χ0) is 20.6. The van der Waals surface area contributed by atoms with Gasteiger partial charge in [0.15, 0.2) is 6.10 Å². The summed E-state index contributed by atoms with van der Waals surface area (Å²) in [4.78, 5) is 26.5. The summed E-state index contributed by atoms with van der Waals surface area (Å²) in [6.07, 6.45) is 0.154. The van der Waals surface area contributed by atoms with Gasteiger partial charge in [-0.2, -0.15) is 0 Å². The van der Waals surface area contributed by atoms with E-state index in [0.29, 0.717) is 37.5 Å². The first-order valence-corrected chi connectivity index (χ1v) is 9.75. The number of nitrogens with one attached hydrogen (secondary N) is 1. The first-order valence-electron chi connectivity index (χ1n) is 9.75. The van der Waals surface area contributed by atoms with Gasteiger partial charge in [-0.1, -0.05) is 12.1 Å². The van der Waals surface area contributed by atoms with Crippen molar-refractivity contribution in [2.24, 2.45) is 0 Å².